The summed E-state index contributed by atoms with van der Waals surface area (Å²) in [4.78, 5) is 2.47. The zero-order valence-electron chi connectivity index (χ0n) is 11.8. The van der Waals surface area contributed by atoms with Crippen molar-refractivity contribution in [2.45, 2.75) is 33.1 Å². The summed E-state index contributed by atoms with van der Waals surface area (Å²) in [5.74, 6) is 2.23. The molecule has 102 valence electrons. The quantitative estimate of drug-likeness (QED) is 0.742. The van der Waals surface area contributed by atoms with Gasteiger partial charge in [-0.2, -0.15) is 0 Å². The number of hydrogen-bond acceptors (Lipinski definition) is 3. The molecule has 3 nitrogen and oxygen atoms in total. The molecule has 1 aliphatic rings. The lowest BCUT2D eigenvalue weighted by atomic mass is 9.95. The van der Waals surface area contributed by atoms with Crippen molar-refractivity contribution >= 4 is 0 Å². The Morgan fingerprint density at radius 3 is 2.47 bits per heavy atom. The van der Waals surface area contributed by atoms with Crippen molar-refractivity contribution in [2.24, 2.45) is 23.5 Å². The van der Waals surface area contributed by atoms with Crippen LogP contribution < -0.4 is 5.73 Å². The van der Waals surface area contributed by atoms with Crippen LogP contribution in [-0.4, -0.2) is 44.8 Å². The second-order valence-electron chi connectivity index (χ2n) is 6.01. The lowest BCUT2D eigenvalue weighted by Crippen LogP contribution is -2.35. The molecule has 0 spiro atoms. The predicted molar refractivity (Wildman–Crippen MR) is 73.0 cm³/mol. The highest BCUT2D eigenvalue weighted by Gasteiger charge is 2.18. The Kier molecular flexibility index (Phi) is 7.09. The highest BCUT2D eigenvalue weighted by atomic mass is 16.5. The summed E-state index contributed by atoms with van der Waals surface area (Å²) in [6, 6.07) is 0. The Morgan fingerprint density at radius 1 is 1.29 bits per heavy atom. The standard InChI is InChI=1S/C14H30N2O/c1-12(2)8-14(9-15)11-16(3)10-13-4-6-17-7-5-13/h12-14H,4-11,15H2,1-3H3. The van der Waals surface area contributed by atoms with Gasteiger partial charge in [-0.3, -0.25) is 0 Å². The average molecular weight is 242 g/mol. The fraction of sp³-hybridized carbons (Fsp3) is 1.00. The van der Waals surface area contributed by atoms with Gasteiger partial charge in [0.15, 0.2) is 0 Å². The van der Waals surface area contributed by atoms with Crippen molar-refractivity contribution in [3.63, 3.8) is 0 Å². The number of nitrogens with two attached hydrogens (primary N) is 1. The summed E-state index contributed by atoms with van der Waals surface area (Å²) in [6.07, 6.45) is 3.69. The molecule has 2 N–H and O–H groups in total. The maximum absolute atomic E-state index is 5.86. The first-order chi connectivity index (χ1) is 8.11. The summed E-state index contributed by atoms with van der Waals surface area (Å²) >= 11 is 0. The highest BCUT2D eigenvalue weighted by Crippen LogP contribution is 2.17. The van der Waals surface area contributed by atoms with Crippen molar-refractivity contribution < 1.29 is 4.74 Å². The largest absolute Gasteiger partial charge is 0.381 e. The second kappa shape index (κ2) is 8.06. The minimum atomic E-state index is 0.653. The monoisotopic (exact) mass is 242 g/mol. The molecule has 1 atom stereocenters. The molecule has 1 rings (SSSR count). The van der Waals surface area contributed by atoms with Crippen LogP contribution in [-0.2, 0) is 4.74 Å². The molecular formula is C14H30N2O. The summed E-state index contributed by atoms with van der Waals surface area (Å²) < 4.78 is 5.40. The fourth-order valence-electron chi connectivity index (χ4n) is 2.80. The van der Waals surface area contributed by atoms with Crippen molar-refractivity contribution in [3.8, 4) is 0 Å². The van der Waals surface area contributed by atoms with Gasteiger partial charge in [-0.25, -0.2) is 0 Å². The van der Waals surface area contributed by atoms with E-state index in [2.05, 4.69) is 25.8 Å². The zero-order chi connectivity index (χ0) is 12.7. The molecule has 0 aliphatic carbocycles. The van der Waals surface area contributed by atoms with E-state index in [4.69, 9.17) is 10.5 Å². The number of nitrogens with zero attached hydrogens (tertiary/aromatic N) is 1. The molecule has 0 aromatic heterocycles. The lowest BCUT2D eigenvalue weighted by Gasteiger charge is -2.29. The van der Waals surface area contributed by atoms with Gasteiger partial charge in [0, 0.05) is 26.3 Å². The Morgan fingerprint density at radius 2 is 1.94 bits per heavy atom. The fourth-order valence-corrected chi connectivity index (χ4v) is 2.80. The molecule has 17 heavy (non-hydrogen) atoms. The molecule has 0 amide bonds. The van der Waals surface area contributed by atoms with Crippen molar-refractivity contribution in [3.05, 3.63) is 0 Å². The van der Waals surface area contributed by atoms with E-state index in [-0.39, 0.29) is 0 Å². The Labute approximate surface area is 107 Å². The molecule has 0 aromatic rings. The van der Waals surface area contributed by atoms with Crippen LogP contribution in [0.1, 0.15) is 33.1 Å². The van der Waals surface area contributed by atoms with E-state index in [0.29, 0.717) is 5.92 Å². The summed E-state index contributed by atoms with van der Waals surface area (Å²) in [5, 5.41) is 0. The molecule has 0 radical (unpaired) electrons. The second-order valence-corrected chi connectivity index (χ2v) is 6.01. The van der Waals surface area contributed by atoms with Crippen LogP contribution in [0.4, 0.5) is 0 Å². The summed E-state index contributed by atoms with van der Waals surface area (Å²) in [6.45, 7) is 9.62. The molecule has 1 fully saturated rings. The van der Waals surface area contributed by atoms with Crippen molar-refractivity contribution in [1.29, 1.82) is 0 Å². The van der Waals surface area contributed by atoms with Gasteiger partial charge < -0.3 is 15.4 Å². The minimum absolute atomic E-state index is 0.653. The van der Waals surface area contributed by atoms with Crippen LogP contribution in [0, 0.1) is 17.8 Å². The van der Waals surface area contributed by atoms with E-state index < -0.39 is 0 Å². The zero-order valence-corrected chi connectivity index (χ0v) is 11.8. The van der Waals surface area contributed by atoms with Gasteiger partial charge in [-0.1, -0.05) is 13.8 Å². The molecule has 0 bridgehead atoms. The van der Waals surface area contributed by atoms with E-state index in [1.807, 2.05) is 0 Å². The van der Waals surface area contributed by atoms with Crippen LogP contribution in [0.2, 0.25) is 0 Å². The summed E-state index contributed by atoms with van der Waals surface area (Å²) in [5.41, 5.74) is 5.86. The molecule has 1 heterocycles. The third-order valence-corrected chi connectivity index (χ3v) is 3.62. The topological polar surface area (TPSA) is 38.5 Å². The first kappa shape index (κ1) is 14.9. The Hall–Kier alpha value is -0.120. The van der Waals surface area contributed by atoms with Gasteiger partial charge in [0.1, 0.15) is 0 Å². The molecule has 1 saturated heterocycles. The number of hydrogen-bond donors (Lipinski definition) is 1. The average Bonchev–Trinajstić information content (AvgIpc) is 2.28. The normalized spacial score (nSPS) is 20.1. The third-order valence-electron chi connectivity index (χ3n) is 3.62. The van der Waals surface area contributed by atoms with Gasteiger partial charge in [0.05, 0.1) is 0 Å². The van der Waals surface area contributed by atoms with Crippen molar-refractivity contribution in [2.75, 3.05) is 39.9 Å². The van der Waals surface area contributed by atoms with Crippen LogP contribution >= 0.6 is 0 Å². The van der Waals surface area contributed by atoms with E-state index in [9.17, 15) is 0 Å². The molecular weight excluding hydrogens is 212 g/mol. The molecule has 1 unspecified atom stereocenters. The van der Waals surface area contributed by atoms with Crippen LogP contribution in [0.15, 0.2) is 0 Å². The molecule has 3 heteroatoms. The minimum Gasteiger partial charge on any atom is -0.381 e. The van der Waals surface area contributed by atoms with E-state index in [1.54, 1.807) is 0 Å². The third kappa shape index (κ3) is 6.39. The van der Waals surface area contributed by atoms with E-state index >= 15 is 0 Å². The van der Waals surface area contributed by atoms with Gasteiger partial charge in [0.2, 0.25) is 0 Å². The van der Waals surface area contributed by atoms with E-state index in [1.165, 1.54) is 25.8 Å². The summed E-state index contributed by atoms with van der Waals surface area (Å²) in [7, 11) is 2.23. The van der Waals surface area contributed by atoms with Crippen LogP contribution in [0.25, 0.3) is 0 Å². The highest BCUT2D eigenvalue weighted by molar-refractivity contribution is 4.71. The van der Waals surface area contributed by atoms with Crippen LogP contribution in [0.3, 0.4) is 0 Å². The maximum atomic E-state index is 5.86. The lowest BCUT2D eigenvalue weighted by molar-refractivity contribution is 0.0537. The maximum Gasteiger partial charge on any atom is 0.0469 e. The van der Waals surface area contributed by atoms with Gasteiger partial charge >= 0.3 is 0 Å². The first-order valence-corrected chi connectivity index (χ1v) is 7.08. The first-order valence-electron chi connectivity index (χ1n) is 7.08. The number of rotatable bonds is 7. The van der Waals surface area contributed by atoms with Gasteiger partial charge in [0.25, 0.3) is 0 Å². The van der Waals surface area contributed by atoms with Gasteiger partial charge in [-0.15, -0.1) is 0 Å². The van der Waals surface area contributed by atoms with E-state index in [0.717, 1.165) is 38.1 Å². The SMILES string of the molecule is CC(C)CC(CN)CN(C)CC1CCOCC1. The van der Waals surface area contributed by atoms with Crippen LogP contribution in [0.5, 0.6) is 0 Å². The number of ether oxygens (including phenoxy) is 1. The Balaban J connectivity index is 2.23. The smallest absolute Gasteiger partial charge is 0.0469 e. The van der Waals surface area contributed by atoms with Gasteiger partial charge in [-0.05, 0) is 50.6 Å². The van der Waals surface area contributed by atoms with Crippen molar-refractivity contribution in [1.82, 2.24) is 4.90 Å². The molecule has 1 aliphatic heterocycles. The predicted octanol–water partition coefficient (Wildman–Crippen LogP) is 1.97. The molecule has 0 aromatic carbocycles. The molecule has 0 saturated carbocycles. The Bertz CT molecular complexity index is 191.